The van der Waals surface area contributed by atoms with E-state index in [0.717, 1.165) is 12.7 Å². The predicted molar refractivity (Wildman–Crippen MR) is 34.2 cm³/mol. The fourth-order valence-corrected chi connectivity index (χ4v) is 0.548. The molecule has 0 aromatic rings. The molecule has 0 atom stereocenters. The van der Waals surface area contributed by atoms with E-state index in [0.29, 0.717) is 6.61 Å². The lowest BCUT2D eigenvalue weighted by Crippen LogP contribution is -2.22. The third kappa shape index (κ3) is 7.87. The summed E-state index contributed by atoms with van der Waals surface area (Å²) in [5.74, 6) is 0. The summed E-state index contributed by atoms with van der Waals surface area (Å²) < 4.78 is 20.5. The second-order valence-corrected chi connectivity index (χ2v) is 3.41. The summed E-state index contributed by atoms with van der Waals surface area (Å²) in [6, 6.07) is 0. The van der Waals surface area contributed by atoms with Crippen LogP contribution in [-0.2, 0) is 14.9 Å². The normalized spacial score (nSPS) is 11.8. The first kappa shape index (κ1) is 8.87. The highest BCUT2D eigenvalue weighted by molar-refractivity contribution is 7.88. The van der Waals surface area contributed by atoms with Gasteiger partial charge in [0.05, 0.1) is 12.9 Å². The van der Waals surface area contributed by atoms with Gasteiger partial charge in [-0.25, -0.2) is 8.42 Å². The van der Waals surface area contributed by atoms with Crippen LogP contribution in [-0.4, -0.2) is 21.3 Å². The molecule has 0 bridgehead atoms. The molecule has 0 saturated carbocycles. The molecule has 0 amide bonds. The third-order valence-corrected chi connectivity index (χ3v) is 0.937. The Bertz CT molecular complexity index is 151. The Morgan fingerprint density at radius 2 is 2.11 bits per heavy atom. The lowest BCUT2D eigenvalue weighted by atomic mass is 10.5. The number of hydrogen-bond acceptors (Lipinski definition) is 3. The zero-order valence-electron chi connectivity index (χ0n) is 5.55. The summed E-state index contributed by atoms with van der Waals surface area (Å²) in [5, 5.41) is 0. The predicted octanol–water partition coefficient (Wildman–Crippen LogP) is -0.123. The molecule has 9 heavy (non-hydrogen) atoms. The topological polar surface area (TPSA) is 55.4 Å². The molecular weight excluding hydrogens is 142 g/mol. The van der Waals surface area contributed by atoms with E-state index in [9.17, 15) is 8.42 Å². The zero-order valence-corrected chi connectivity index (χ0v) is 6.36. The molecule has 0 aromatic heterocycles. The molecule has 1 N–H and O–H groups in total. The molecule has 0 aliphatic carbocycles. The number of rotatable bonds is 4. The van der Waals surface area contributed by atoms with Gasteiger partial charge < -0.3 is 0 Å². The van der Waals surface area contributed by atoms with E-state index in [1.54, 1.807) is 0 Å². The molecule has 0 spiro atoms. The average Bonchev–Trinajstić information content (AvgIpc) is 1.63. The van der Waals surface area contributed by atoms with E-state index in [1.807, 2.05) is 11.8 Å². The quantitative estimate of drug-likeness (QED) is 0.452. The Balaban J connectivity index is 3.30. The largest absolute Gasteiger partial charge is 0.287 e. The highest BCUT2D eigenvalue weighted by Crippen LogP contribution is 1.78. The van der Waals surface area contributed by atoms with Crippen LogP contribution in [0.5, 0.6) is 0 Å². The van der Waals surface area contributed by atoms with Crippen molar-refractivity contribution in [2.45, 2.75) is 13.3 Å². The number of hydrogen-bond donors (Lipinski definition) is 1. The van der Waals surface area contributed by atoms with Gasteiger partial charge in [-0.1, -0.05) is 11.8 Å². The van der Waals surface area contributed by atoms with E-state index < -0.39 is 10.0 Å². The molecule has 0 rings (SSSR count). The van der Waals surface area contributed by atoms with E-state index in [-0.39, 0.29) is 0 Å². The van der Waals surface area contributed by atoms with Gasteiger partial charge in [-0.2, -0.15) is 0 Å². The Morgan fingerprint density at radius 1 is 1.56 bits per heavy atom. The maximum absolute atomic E-state index is 10.3. The molecule has 0 aliphatic rings. The van der Waals surface area contributed by atoms with Crippen LogP contribution >= 0.6 is 0 Å². The average molecular weight is 153 g/mol. The van der Waals surface area contributed by atoms with Crippen LogP contribution in [0.25, 0.3) is 0 Å². The van der Waals surface area contributed by atoms with Gasteiger partial charge in [0.2, 0.25) is 10.0 Å². The fraction of sp³-hybridized carbons (Fsp3) is 1.00. The number of nitrogens with one attached hydrogen (secondary N) is 1. The summed E-state index contributed by atoms with van der Waals surface area (Å²) >= 11 is 0. The SMILES string of the molecule is CCCONS(C)(=O)=O. The zero-order chi connectivity index (χ0) is 7.33. The van der Waals surface area contributed by atoms with Crippen molar-refractivity contribution >= 4 is 10.0 Å². The molecule has 0 saturated heterocycles. The summed E-state index contributed by atoms with van der Waals surface area (Å²) in [4.78, 5) is 6.40. The van der Waals surface area contributed by atoms with Crippen molar-refractivity contribution in [2.24, 2.45) is 0 Å². The first-order valence-electron chi connectivity index (χ1n) is 2.65. The van der Waals surface area contributed by atoms with E-state index in [2.05, 4.69) is 4.84 Å². The first-order chi connectivity index (χ1) is 4.06. The van der Waals surface area contributed by atoms with Gasteiger partial charge in [0, 0.05) is 0 Å². The Hall–Kier alpha value is -0.130. The van der Waals surface area contributed by atoms with Gasteiger partial charge in [0.15, 0.2) is 0 Å². The second-order valence-electron chi connectivity index (χ2n) is 1.70. The minimum Gasteiger partial charge on any atom is -0.287 e. The summed E-state index contributed by atoms with van der Waals surface area (Å²) in [5.41, 5.74) is 0. The maximum atomic E-state index is 10.3. The van der Waals surface area contributed by atoms with E-state index in [1.165, 1.54) is 0 Å². The van der Waals surface area contributed by atoms with Crippen LogP contribution in [0, 0.1) is 0 Å². The lowest BCUT2D eigenvalue weighted by Gasteiger charge is -1.99. The second kappa shape index (κ2) is 3.81. The van der Waals surface area contributed by atoms with E-state index >= 15 is 0 Å². The van der Waals surface area contributed by atoms with Crippen molar-refractivity contribution < 1.29 is 13.3 Å². The molecule has 56 valence electrons. The van der Waals surface area contributed by atoms with Crippen molar-refractivity contribution in [1.29, 1.82) is 0 Å². The first-order valence-corrected chi connectivity index (χ1v) is 4.54. The summed E-state index contributed by atoms with van der Waals surface area (Å²) in [7, 11) is -3.17. The van der Waals surface area contributed by atoms with Crippen LogP contribution in [0.3, 0.4) is 0 Å². The molecular formula is C4H11NO3S. The highest BCUT2D eigenvalue weighted by atomic mass is 32.2. The standard InChI is InChI=1S/C4H11NO3S/c1-3-4-8-5-9(2,6)7/h5H,3-4H2,1-2H3. The monoisotopic (exact) mass is 153 g/mol. The van der Waals surface area contributed by atoms with Gasteiger partial charge in [0.25, 0.3) is 0 Å². The van der Waals surface area contributed by atoms with Crippen LogP contribution in [0.2, 0.25) is 0 Å². The molecule has 0 fully saturated rings. The fourth-order valence-electron chi connectivity index (χ4n) is 0.251. The highest BCUT2D eigenvalue weighted by Gasteiger charge is 1.96. The Morgan fingerprint density at radius 3 is 2.44 bits per heavy atom. The van der Waals surface area contributed by atoms with Crippen LogP contribution in [0.4, 0.5) is 0 Å². The van der Waals surface area contributed by atoms with Crippen LogP contribution < -0.4 is 4.89 Å². The molecule has 4 nitrogen and oxygen atoms in total. The van der Waals surface area contributed by atoms with Crippen LogP contribution in [0.1, 0.15) is 13.3 Å². The molecule has 0 aliphatic heterocycles. The van der Waals surface area contributed by atoms with Crippen molar-refractivity contribution in [1.82, 2.24) is 4.89 Å². The minimum atomic E-state index is -3.17. The van der Waals surface area contributed by atoms with Gasteiger partial charge in [-0.05, 0) is 6.42 Å². The van der Waals surface area contributed by atoms with Gasteiger partial charge in [-0.15, -0.1) is 0 Å². The lowest BCUT2D eigenvalue weighted by molar-refractivity contribution is 0.0944. The molecule has 0 radical (unpaired) electrons. The third-order valence-electron chi connectivity index (χ3n) is 0.516. The van der Waals surface area contributed by atoms with Crippen LogP contribution in [0.15, 0.2) is 0 Å². The Kier molecular flexibility index (Phi) is 3.76. The molecule has 0 heterocycles. The van der Waals surface area contributed by atoms with Gasteiger partial charge >= 0.3 is 0 Å². The van der Waals surface area contributed by atoms with Crippen molar-refractivity contribution in [3.8, 4) is 0 Å². The van der Waals surface area contributed by atoms with Gasteiger partial charge in [0.1, 0.15) is 0 Å². The summed E-state index contributed by atoms with van der Waals surface area (Å²) in [6.45, 7) is 2.30. The summed E-state index contributed by atoms with van der Waals surface area (Å²) in [6.07, 6.45) is 1.84. The maximum Gasteiger partial charge on any atom is 0.230 e. The van der Waals surface area contributed by atoms with Crippen molar-refractivity contribution in [3.05, 3.63) is 0 Å². The Labute approximate surface area is 55.2 Å². The minimum absolute atomic E-state index is 0.410. The molecule has 0 unspecified atom stereocenters. The van der Waals surface area contributed by atoms with Gasteiger partial charge in [-0.3, -0.25) is 4.84 Å². The number of sulfonamides is 1. The smallest absolute Gasteiger partial charge is 0.230 e. The van der Waals surface area contributed by atoms with Crippen molar-refractivity contribution in [2.75, 3.05) is 12.9 Å². The molecule has 5 heteroatoms. The van der Waals surface area contributed by atoms with E-state index in [4.69, 9.17) is 0 Å². The molecule has 0 aromatic carbocycles. The van der Waals surface area contributed by atoms with Crippen molar-refractivity contribution in [3.63, 3.8) is 0 Å².